The predicted molar refractivity (Wildman–Crippen MR) is 70.4 cm³/mol. The van der Waals surface area contributed by atoms with Crippen LogP contribution in [0.5, 0.6) is 0 Å². The van der Waals surface area contributed by atoms with Crippen LogP contribution >= 0.6 is 11.3 Å². The number of carbonyl (C=O) groups excluding carboxylic acids is 1. The van der Waals surface area contributed by atoms with Gasteiger partial charge >= 0.3 is 6.18 Å². The first kappa shape index (κ1) is 15.4. The molecule has 0 aliphatic rings. The summed E-state index contributed by atoms with van der Waals surface area (Å²) in [5.74, 6) is -2.36. The molecule has 1 amide bonds. The summed E-state index contributed by atoms with van der Waals surface area (Å²) in [6, 6.07) is 0.314. The lowest BCUT2D eigenvalue weighted by Gasteiger charge is -2.18. The van der Waals surface area contributed by atoms with Crippen molar-refractivity contribution in [3.8, 4) is 10.4 Å². The van der Waals surface area contributed by atoms with Crippen LogP contribution in [-0.4, -0.2) is 10.9 Å². The van der Waals surface area contributed by atoms with Crippen molar-refractivity contribution in [3.63, 3.8) is 0 Å². The average Bonchev–Trinajstić information content (AvgIpc) is 2.89. The molecule has 0 atom stereocenters. The molecule has 112 valence electrons. The number of carbonyl (C=O) groups is 1. The number of hydrogen-bond donors (Lipinski definition) is 1. The molecular formula is C13H10F4N2OS. The van der Waals surface area contributed by atoms with Crippen molar-refractivity contribution in [2.24, 2.45) is 5.73 Å². The van der Waals surface area contributed by atoms with Gasteiger partial charge in [-0.25, -0.2) is 4.39 Å². The molecule has 0 spiro atoms. The second-order valence-corrected chi connectivity index (χ2v) is 5.10. The van der Waals surface area contributed by atoms with Gasteiger partial charge in [-0.2, -0.15) is 13.2 Å². The predicted octanol–water partition coefficient (Wildman–Crippen LogP) is 3.63. The van der Waals surface area contributed by atoms with Gasteiger partial charge in [-0.15, -0.1) is 11.3 Å². The van der Waals surface area contributed by atoms with E-state index in [1.165, 1.54) is 18.6 Å². The van der Waals surface area contributed by atoms with E-state index in [1.807, 2.05) is 0 Å². The second-order valence-electron chi connectivity index (χ2n) is 4.22. The van der Waals surface area contributed by atoms with Gasteiger partial charge in [0.1, 0.15) is 5.82 Å². The molecular weight excluding hydrogens is 308 g/mol. The maximum atomic E-state index is 13.9. The van der Waals surface area contributed by atoms with E-state index in [4.69, 9.17) is 5.73 Å². The highest BCUT2D eigenvalue weighted by Gasteiger charge is 2.37. The van der Waals surface area contributed by atoms with Gasteiger partial charge in [0.05, 0.1) is 21.5 Å². The Morgan fingerprint density at radius 2 is 2.10 bits per heavy atom. The minimum atomic E-state index is -4.75. The quantitative estimate of drug-likeness (QED) is 0.879. The summed E-state index contributed by atoms with van der Waals surface area (Å²) in [4.78, 5) is 15.3. The van der Waals surface area contributed by atoms with Gasteiger partial charge in [-0.05, 0) is 18.1 Å². The molecule has 0 unspecified atom stereocenters. The van der Waals surface area contributed by atoms with Crippen molar-refractivity contribution in [1.82, 2.24) is 4.98 Å². The third-order valence-corrected chi connectivity index (χ3v) is 3.76. The van der Waals surface area contributed by atoms with Crippen molar-refractivity contribution in [2.45, 2.75) is 19.5 Å². The van der Waals surface area contributed by atoms with E-state index in [1.54, 1.807) is 0 Å². The highest BCUT2D eigenvalue weighted by atomic mass is 32.1. The molecule has 1 aromatic carbocycles. The molecule has 1 aromatic heterocycles. The van der Waals surface area contributed by atoms with Crippen LogP contribution in [0.25, 0.3) is 10.4 Å². The molecule has 21 heavy (non-hydrogen) atoms. The summed E-state index contributed by atoms with van der Waals surface area (Å²) in [6.07, 6.45) is -3.47. The van der Waals surface area contributed by atoms with Crippen LogP contribution < -0.4 is 5.73 Å². The average molecular weight is 318 g/mol. The van der Waals surface area contributed by atoms with E-state index >= 15 is 0 Å². The second kappa shape index (κ2) is 5.44. The fourth-order valence-corrected chi connectivity index (χ4v) is 2.87. The number of primary amides is 1. The van der Waals surface area contributed by atoms with Gasteiger partial charge in [0.2, 0.25) is 0 Å². The molecule has 2 N–H and O–H groups in total. The summed E-state index contributed by atoms with van der Waals surface area (Å²) in [5.41, 5.74) is 4.53. The van der Waals surface area contributed by atoms with Crippen LogP contribution in [0.4, 0.5) is 17.6 Å². The maximum Gasteiger partial charge on any atom is 0.417 e. The van der Waals surface area contributed by atoms with Crippen LogP contribution in [0.1, 0.15) is 28.4 Å². The van der Waals surface area contributed by atoms with Crippen molar-refractivity contribution in [1.29, 1.82) is 0 Å². The van der Waals surface area contributed by atoms with E-state index < -0.39 is 29.0 Å². The Balaban J connectivity index is 2.92. The van der Waals surface area contributed by atoms with E-state index in [0.717, 1.165) is 11.3 Å². The third-order valence-electron chi connectivity index (χ3n) is 2.97. The molecule has 0 bridgehead atoms. The van der Waals surface area contributed by atoms with Gasteiger partial charge in [-0.1, -0.05) is 6.92 Å². The number of alkyl halides is 3. The molecule has 2 rings (SSSR count). The zero-order valence-corrected chi connectivity index (χ0v) is 11.6. The van der Waals surface area contributed by atoms with E-state index in [2.05, 4.69) is 4.98 Å². The Hall–Kier alpha value is -1.96. The van der Waals surface area contributed by atoms with Crippen molar-refractivity contribution < 1.29 is 22.4 Å². The molecule has 0 radical (unpaired) electrons. The summed E-state index contributed by atoms with van der Waals surface area (Å²) < 4.78 is 53.4. The first-order chi connectivity index (χ1) is 9.77. The smallest absolute Gasteiger partial charge is 0.365 e. The fourth-order valence-electron chi connectivity index (χ4n) is 2.17. The van der Waals surface area contributed by atoms with Crippen LogP contribution in [-0.2, 0) is 12.6 Å². The molecule has 0 saturated carbocycles. The number of rotatable bonds is 3. The van der Waals surface area contributed by atoms with Crippen LogP contribution in [0.15, 0.2) is 17.8 Å². The van der Waals surface area contributed by atoms with Gasteiger partial charge in [0.15, 0.2) is 0 Å². The van der Waals surface area contributed by atoms with Gasteiger partial charge < -0.3 is 5.73 Å². The first-order valence-corrected chi connectivity index (χ1v) is 6.76. The largest absolute Gasteiger partial charge is 0.417 e. The highest BCUT2D eigenvalue weighted by Crippen LogP contribution is 2.42. The van der Waals surface area contributed by atoms with E-state index in [0.29, 0.717) is 6.07 Å². The number of amides is 1. The lowest BCUT2D eigenvalue weighted by molar-refractivity contribution is -0.137. The number of nitrogens with two attached hydrogens (primary N) is 1. The molecule has 0 aliphatic heterocycles. The number of aromatic nitrogens is 1. The summed E-state index contributed by atoms with van der Waals surface area (Å²) in [7, 11) is 0. The molecule has 3 nitrogen and oxygen atoms in total. The monoisotopic (exact) mass is 318 g/mol. The number of benzene rings is 1. The Kier molecular flexibility index (Phi) is 3.99. The summed E-state index contributed by atoms with van der Waals surface area (Å²) >= 11 is 0.976. The van der Waals surface area contributed by atoms with Crippen LogP contribution in [0.2, 0.25) is 0 Å². The molecule has 0 saturated heterocycles. The van der Waals surface area contributed by atoms with Crippen molar-refractivity contribution in [2.75, 3.05) is 0 Å². The normalized spacial score (nSPS) is 11.7. The zero-order valence-electron chi connectivity index (χ0n) is 10.8. The number of hydrogen-bond acceptors (Lipinski definition) is 3. The minimum Gasteiger partial charge on any atom is -0.365 e. The molecule has 8 heteroatoms. The SMILES string of the molecule is CCc1c(C(N)=O)c(F)cc(C(F)(F)F)c1-c1cncs1. The first-order valence-electron chi connectivity index (χ1n) is 5.88. The summed E-state index contributed by atoms with van der Waals surface area (Å²) in [5, 5.41) is 0. The third kappa shape index (κ3) is 2.76. The Morgan fingerprint density at radius 1 is 1.43 bits per heavy atom. The van der Waals surface area contributed by atoms with Gasteiger partial charge in [0.25, 0.3) is 5.91 Å². The number of nitrogens with zero attached hydrogens (tertiary/aromatic N) is 1. The Morgan fingerprint density at radius 3 is 2.52 bits per heavy atom. The molecule has 0 fully saturated rings. The number of thiazole rings is 1. The van der Waals surface area contributed by atoms with E-state index in [9.17, 15) is 22.4 Å². The molecule has 1 heterocycles. The lowest BCUT2D eigenvalue weighted by atomic mass is 9.92. The van der Waals surface area contributed by atoms with Gasteiger partial charge in [0, 0.05) is 11.8 Å². The Labute approximate surface area is 121 Å². The van der Waals surface area contributed by atoms with E-state index in [-0.39, 0.29) is 22.4 Å². The minimum absolute atomic E-state index is 0.0341. The van der Waals surface area contributed by atoms with Crippen LogP contribution in [0, 0.1) is 5.82 Å². The van der Waals surface area contributed by atoms with Gasteiger partial charge in [-0.3, -0.25) is 9.78 Å². The number of halogens is 4. The topological polar surface area (TPSA) is 56.0 Å². The maximum absolute atomic E-state index is 13.9. The molecule has 0 aliphatic carbocycles. The van der Waals surface area contributed by atoms with Crippen molar-refractivity contribution in [3.05, 3.63) is 40.3 Å². The van der Waals surface area contributed by atoms with Crippen LogP contribution in [0.3, 0.4) is 0 Å². The Bertz CT molecular complexity index is 680. The fraction of sp³-hybridized carbons (Fsp3) is 0.231. The highest BCUT2D eigenvalue weighted by molar-refractivity contribution is 7.13. The van der Waals surface area contributed by atoms with Crippen molar-refractivity contribution >= 4 is 17.2 Å². The summed E-state index contributed by atoms with van der Waals surface area (Å²) in [6.45, 7) is 1.53. The molecule has 2 aromatic rings. The zero-order chi connectivity index (χ0) is 15.8. The lowest BCUT2D eigenvalue weighted by Crippen LogP contribution is -2.19. The standard InChI is InChI=1S/C13H10F4N2OS/c1-2-6-10(9-4-19-5-21-9)7(13(15,16)17)3-8(14)11(6)12(18)20/h3-5H,2H2,1H3,(H2,18,20).